The first-order valence-corrected chi connectivity index (χ1v) is 9.52. The van der Waals surface area contributed by atoms with Gasteiger partial charge in [0.25, 0.3) is 0 Å². The van der Waals surface area contributed by atoms with Crippen LogP contribution >= 0.6 is 0 Å². The van der Waals surface area contributed by atoms with Crippen molar-refractivity contribution >= 4 is 16.8 Å². The Morgan fingerprint density at radius 2 is 1.85 bits per heavy atom. The van der Waals surface area contributed by atoms with Crippen molar-refractivity contribution in [2.45, 2.75) is 25.2 Å². The lowest BCUT2D eigenvalue weighted by Crippen LogP contribution is -2.27. The SMILES string of the molecule is COCCCNC(=O)CC(Cc1ccccc1)c1cn(C)c2ccccc12. The molecule has 1 amide bonds. The maximum Gasteiger partial charge on any atom is 0.220 e. The van der Waals surface area contributed by atoms with Gasteiger partial charge in [-0.05, 0) is 36.0 Å². The number of rotatable bonds is 9. The van der Waals surface area contributed by atoms with Crippen LogP contribution in [0, 0.1) is 0 Å². The van der Waals surface area contributed by atoms with E-state index in [0.29, 0.717) is 19.6 Å². The highest BCUT2D eigenvalue weighted by Gasteiger charge is 2.20. The molecule has 0 aliphatic heterocycles. The third-order valence-corrected chi connectivity index (χ3v) is 4.97. The van der Waals surface area contributed by atoms with Crippen LogP contribution in [0.4, 0.5) is 0 Å². The lowest BCUT2D eigenvalue weighted by atomic mass is 9.88. The standard InChI is InChI=1S/C23H28N2O2/c1-25-17-21(20-11-6-7-12-22(20)25)19(15-18-9-4-3-5-10-18)16-23(26)24-13-8-14-27-2/h3-7,9-12,17,19H,8,13-16H2,1-2H3,(H,24,26). The van der Waals surface area contributed by atoms with Crippen molar-refractivity contribution in [1.29, 1.82) is 0 Å². The summed E-state index contributed by atoms with van der Waals surface area (Å²) in [4.78, 5) is 12.6. The molecule has 0 bridgehead atoms. The lowest BCUT2D eigenvalue weighted by Gasteiger charge is -2.17. The van der Waals surface area contributed by atoms with Crippen molar-refractivity contribution in [3.8, 4) is 0 Å². The summed E-state index contributed by atoms with van der Waals surface area (Å²) >= 11 is 0. The number of fused-ring (bicyclic) bond motifs is 1. The Hall–Kier alpha value is -2.59. The van der Waals surface area contributed by atoms with E-state index in [1.165, 1.54) is 22.0 Å². The fourth-order valence-corrected chi connectivity index (χ4v) is 3.63. The second-order valence-corrected chi connectivity index (χ2v) is 7.00. The Kier molecular flexibility index (Phi) is 6.66. The minimum atomic E-state index is 0.0972. The first kappa shape index (κ1) is 19.2. The van der Waals surface area contributed by atoms with E-state index in [0.717, 1.165) is 12.8 Å². The summed E-state index contributed by atoms with van der Waals surface area (Å²) < 4.78 is 7.20. The summed E-state index contributed by atoms with van der Waals surface area (Å²) in [6.45, 7) is 1.32. The second-order valence-electron chi connectivity index (χ2n) is 7.00. The van der Waals surface area contributed by atoms with E-state index in [4.69, 9.17) is 4.74 Å². The molecule has 1 aromatic heterocycles. The molecule has 0 aliphatic rings. The number of nitrogens with zero attached hydrogens (tertiary/aromatic N) is 1. The van der Waals surface area contributed by atoms with Crippen LogP contribution in [0.15, 0.2) is 60.8 Å². The van der Waals surface area contributed by atoms with Crippen molar-refractivity contribution < 1.29 is 9.53 Å². The normalized spacial score (nSPS) is 12.2. The van der Waals surface area contributed by atoms with Crippen LogP contribution in [0.3, 0.4) is 0 Å². The Morgan fingerprint density at radius 1 is 1.11 bits per heavy atom. The van der Waals surface area contributed by atoms with E-state index < -0.39 is 0 Å². The maximum absolute atomic E-state index is 12.6. The molecule has 4 nitrogen and oxygen atoms in total. The highest BCUT2D eigenvalue weighted by atomic mass is 16.5. The summed E-state index contributed by atoms with van der Waals surface area (Å²) in [5, 5.41) is 4.26. The lowest BCUT2D eigenvalue weighted by molar-refractivity contribution is -0.121. The zero-order valence-corrected chi connectivity index (χ0v) is 16.2. The quantitative estimate of drug-likeness (QED) is 0.582. The Bertz CT molecular complexity index is 870. The minimum absolute atomic E-state index is 0.0972. The summed E-state index contributed by atoms with van der Waals surface area (Å²) in [7, 11) is 3.74. The minimum Gasteiger partial charge on any atom is -0.385 e. The average molecular weight is 364 g/mol. The summed E-state index contributed by atoms with van der Waals surface area (Å²) in [6, 6.07) is 18.8. The Balaban J connectivity index is 1.82. The number of hydrogen-bond acceptors (Lipinski definition) is 2. The largest absolute Gasteiger partial charge is 0.385 e. The molecule has 1 atom stereocenters. The molecule has 1 N–H and O–H groups in total. The predicted molar refractivity (Wildman–Crippen MR) is 110 cm³/mol. The maximum atomic E-state index is 12.6. The molecule has 3 aromatic rings. The van der Waals surface area contributed by atoms with E-state index in [2.05, 4.69) is 71.7 Å². The van der Waals surface area contributed by atoms with E-state index >= 15 is 0 Å². The fourth-order valence-electron chi connectivity index (χ4n) is 3.63. The van der Waals surface area contributed by atoms with Gasteiger partial charge >= 0.3 is 0 Å². The number of hydrogen-bond donors (Lipinski definition) is 1. The molecule has 0 radical (unpaired) electrons. The molecule has 1 unspecified atom stereocenters. The van der Waals surface area contributed by atoms with E-state index in [1.54, 1.807) is 7.11 Å². The zero-order chi connectivity index (χ0) is 19.1. The summed E-state index contributed by atoms with van der Waals surface area (Å²) in [5.41, 5.74) is 3.69. The van der Waals surface area contributed by atoms with Gasteiger partial charge in [0.15, 0.2) is 0 Å². The van der Waals surface area contributed by atoms with Crippen LogP contribution in [0.5, 0.6) is 0 Å². The van der Waals surface area contributed by atoms with Gasteiger partial charge in [-0.1, -0.05) is 48.5 Å². The number of carbonyl (C=O) groups is 1. The van der Waals surface area contributed by atoms with Crippen LogP contribution in [-0.4, -0.2) is 30.7 Å². The predicted octanol–water partition coefficient (Wildman–Crippen LogP) is 4.05. The van der Waals surface area contributed by atoms with Gasteiger partial charge in [-0.15, -0.1) is 0 Å². The van der Waals surface area contributed by atoms with Crippen molar-refractivity contribution in [1.82, 2.24) is 9.88 Å². The van der Waals surface area contributed by atoms with Crippen LogP contribution in [-0.2, 0) is 23.0 Å². The number of carbonyl (C=O) groups excluding carboxylic acids is 1. The molecule has 3 rings (SSSR count). The number of ether oxygens (including phenoxy) is 1. The third-order valence-electron chi connectivity index (χ3n) is 4.97. The number of para-hydroxylation sites is 1. The monoisotopic (exact) mass is 364 g/mol. The van der Waals surface area contributed by atoms with Gasteiger partial charge in [0.1, 0.15) is 0 Å². The number of benzene rings is 2. The van der Waals surface area contributed by atoms with Crippen LogP contribution in [0.25, 0.3) is 10.9 Å². The molecule has 1 heterocycles. The van der Waals surface area contributed by atoms with Crippen molar-refractivity contribution in [2.24, 2.45) is 7.05 Å². The molecular weight excluding hydrogens is 336 g/mol. The highest BCUT2D eigenvalue weighted by Crippen LogP contribution is 2.32. The van der Waals surface area contributed by atoms with Crippen LogP contribution in [0.1, 0.15) is 29.9 Å². The smallest absolute Gasteiger partial charge is 0.220 e. The second kappa shape index (κ2) is 9.38. The highest BCUT2D eigenvalue weighted by molar-refractivity contribution is 5.86. The van der Waals surface area contributed by atoms with Gasteiger partial charge in [-0.25, -0.2) is 0 Å². The van der Waals surface area contributed by atoms with Gasteiger partial charge in [0, 0.05) is 50.8 Å². The molecule has 0 saturated carbocycles. The summed E-state index contributed by atoms with van der Waals surface area (Å²) in [5.74, 6) is 0.237. The molecule has 142 valence electrons. The first-order chi connectivity index (χ1) is 13.2. The molecule has 2 aromatic carbocycles. The van der Waals surface area contributed by atoms with Crippen molar-refractivity contribution in [3.63, 3.8) is 0 Å². The first-order valence-electron chi connectivity index (χ1n) is 9.52. The van der Waals surface area contributed by atoms with E-state index in [1.807, 2.05) is 6.07 Å². The van der Waals surface area contributed by atoms with Crippen molar-refractivity contribution in [2.75, 3.05) is 20.3 Å². The molecule has 0 spiro atoms. The van der Waals surface area contributed by atoms with Gasteiger partial charge in [0.2, 0.25) is 5.91 Å². The number of amides is 1. The Labute approximate surface area is 161 Å². The van der Waals surface area contributed by atoms with E-state index in [-0.39, 0.29) is 11.8 Å². The topological polar surface area (TPSA) is 43.3 Å². The summed E-state index contributed by atoms with van der Waals surface area (Å²) in [6.07, 6.45) is 4.34. The van der Waals surface area contributed by atoms with Gasteiger partial charge in [0.05, 0.1) is 0 Å². The molecule has 0 fully saturated rings. The van der Waals surface area contributed by atoms with Gasteiger partial charge < -0.3 is 14.6 Å². The molecule has 4 heteroatoms. The van der Waals surface area contributed by atoms with E-state index in [9.17, 15) is 4.79 Å². The molecule has 27 heavy (non-hydrogen) atoms. The molecular formula is C23H28N2O2. The molecule has 0 aliphatic carbocycles. The van der Waals surface area contributed by atoms with Crippen molar-refractivity contribution in [3.05, 3.63) is 71.9 Å². The number of nitrogens with one attached hydrogen (secondary N) is 1. The van der Waals surface area contributed by atoms with Crippen LogP contribution < -0.4 is 5.32 Å². The van der Waals surface area contributed by atoms with Gasteiger partial charge in [-0.2, -0.15) is 0 Å². The average Bonchev–Trinajstić information content (AvgIpc) is 3.03. The fraction of sp³-hybridized carbons (Fsp3) is 0.348. The number of aryl methyl sites for hydroxylation is 1. The zero-order valence-electron chi connectivity index (χ0n) is 16.2. The number of methoxy groups -OCH3 is 1. The van der Waals surface area contributed by atoms with Gasteiger partial charge in [-0.3, -0.25) is 4.79 Å². The number of aromatic nitrogens is 1. The molecule has 0 saturated heterocycles. The van der Waals surface area contributed by atoms with Crippen LogP contribution in [0.2, 0.25) is 0 Å². The third kappa shape index (κ3) is 4.98. The Morgan fingerprint density at radius 3 is 2.63 bits per heavy atom.